The van der Waals surface area contributed by atoms with Crippen molar-refractivity contribution >= 4 is 32.3 Å². The molecule has 0 unspecified atom stereocenters. The van der Waals surface area contributed by atoms with Gasteiger partial charge >= 0.3 is 0 Å². The molecule has 0 atom stereocenters. The monoisotopic (exact) mass is 443 g/mol. The molecule has 0 saturated carbocycles. The summed E-state index contributed by atoms with van der Waals surface area (Å²) in [6.45, 7) is 0.420. The van der Waals surface area contributed by atoms with E-state index in [1.165, 1.54) is 10.8 Å². The zero-order chi connectivity index (χ0) is 19.8. The molecule has 0 bridgehead atoms. The van der Waals surface area contributed by atoms with Gasteiger partial charge in [0.15, 0.2) is 5.65 Å². The zero-order valence-electron chi connectivity index (χ0n) is 15.8. The first-order chi connectivity index (χ1) is 14.3. The topological polar surface area (TPSA) is 39.4 Å². The maximum absolute atomic E-state index is 5.45. The fourth-order valence-corrected chi connectivity index (χ4v) is 4.06. The van der Waals surface area contributed by atoms with Crippen molar-refractivity contribution in [3.05, 3.63) is 89.2 Å². The average Bonchev–Trinajstić information content (AvgIpc) is 3.12. The van der Waals surface area contributed by atoms with Gasteiger partial charge in [-0.05, 0) is 34.5 Å². The van der Waals surface area contributed by atoms with Crippen LogP contribution in [-0.4, -0.2) is 21.7 Å². The molecule has 0 aliphatic rings. The highest BCUT2D eigenvalue weighted by Gasteiger charge is 2.19. The van der Waals surface area contributed by atoms with Gasteiger partial charge in [0.1, 0.15) is 0 Å². The SMILES string of the molecule is COCc1nn2c(-c3cccc4ccccc34)ccnc2c1-c1ccc(Br)cc1. The Hall–Kier alpha value is -3.02. The molecular formula is C24H18BrN3O. The van der Waals surface area contributed by atoms with Gasteiger partial charge < -0.3 is 4.74 Å². The largest absolute Gasteiger partial charge is 0.378 e. The Morgan fingerprint density at radius 1 is 0.931 bits per heavy atom. The van der Waals surface area contributed by atoms with E-state index >= 15 is 0 Å². The van der Waals surface area contributed by atoms with Crippen LogP contribution < -0.4 is 0 Å². The number of aromatic nitrogens is 3. The minimum absolute atomic E-state index is 0.420. The maximum Gasteiger partial charge on any atom is 0.163 e. The number of rotatable bonds is 4. The minimum atomic E-state index is 0.420. The van der Waals surface area contributed by atoms with E-state index in [0.717, 1.165) is 38.2 Å². The van der Waals surface area contributed by atoms with Gasteiger partial charge in [0.05, 0.1) is 23.6 Å². The summed E-state index contributed by atoms with van der Waals surface area (Å²) in [6.07, 6.45) is 1.85. The second-order valence-electron chi connectivity index (χ2n) is 6.85. The highest BCUT2D eigenvalue weighted by molar-refractivity contribution is 9.10. The van der Waals surface area contributed by atoms with Crippen LogP contribution in [0.1, 0.15) is 5.69 Å². The van der Waals surface area contributed by atoms with Crippen molar-refractivity contribution in [2.45, 2.75) is 6.61 Å². The Morgan fingerprint density at radius 3 is 2.55 bits per heavy atom. The molecule has 0 fully saturated rings. The van der Waals surface area contributed by atoms with Crippen molar-refractivity contribution < 1.29 is 4.74 Å². The van der Waals surface area contributed by atoms with Gasteiger partial charge in [-0.2, -0.15) is 5.10 Å². The highest BCUT2D eigenvalue weighted by Crippen LogP contribution is 2.33. The molecule has 0 radical (unpaired) electrons. The summed E-state index contributed by atoms with van der Waals surface area (Å²) in [7, 11) is 1.69. The number of nitrogens with zero attached hydrogens (tertiary/aromatic N) is 3. The summed E-state index contributed by atoms with van der Waals surface area (Å²) in [5.74, 6) is 0. The van der Waals surface area contributed by atoms with Crippen LogP contribution in [0.4, 0.5) is 0 Å². The fourth-order valence-electron chi connectivity index (χ4n) is 3.79. The lowest BCUT2D eigenvalue weighted by molar-refractivity contribution is 0.181. The van der Waals surface area contributed by atoms with Crippen LogP contribution in [0.2, 0.25) is 0 Å². The third-order valence-electron chi connectivity index (χ3n) is 5.07. The van der Waals surface area contributed by atoms with Crippen LogP contribution in [-0.2, 0) is 11.3 Å². The van der Waals surface area contributed by atoms with Crippen molar-refractivity contribution in [3.63, 3.8) is 0 Å². The fraction of sp³-hybridized carbons (Fsp3) is 0.0833. The highest BCUT2D eigenvalue weighted by atomic mass is 79.9. The molecule has 0 spiro atoms. The maximum atomic E-state index is 5.45. The number of fused-ring (bicyclic) bond motifs is 2. The van der Waals surface area contributed by atoms with Gasteiger partial charge in [-0.3, -0.25) is 0 Å². The second-order valence-corrected chi connectivity index (χ2v) is 7.77. The molecule has 5 aromatic rings. The Morgan fingerprint density at radius 2 is 1.72 bits per heavy atom. The van der Waals surface area contributed by atoms with E-state index in [1.807, 2.05) is 28.9 Å². The molecule has 142 valence electrons. The first-order valence-electron chi connectivity index (χ1n) is 9.36. The number of ether oxygens (including phenoxy) is 1. The lowest BCUT2D eigenvalue weighted by atomic mass is 10.0. The molecule has 5 heteroatoms. The molecule has 0 N–H and O–H groups in total. The number of hydrogen-bond acceptors (Lipinski definition) is 3. The van der Waals surface area contributed by atoms with E-state index in [2.05, 4.69) is 75.5 Å². The molecule has 0 amide bonds. The van der Waals surface area contributed by atoms with Crippen molar-refractivity contribution in [3.8, 4) is 22.4 Å². The smallest absolute Gasteiger partial charge is 0.163 e. The molecule has 29 heavy (non-hydrogen) atoms. The minimum Gasteiger partial charge on any atom is -0.378 e. The van der Waals surface area contributed by atoms with Crippen LogP contribution in [0.3, 0.4) is 0 Å². The van der Waals surface area contributed by atoms with Crippen LogP contribution in [0.15, 0.2) is 83.5 Å². The average molecular weight is 444 g/mol. The van der Waals surface area contributed by atoms with Crippen LogP contribution >= 0.6 is 15.9 Å². The molecular weight excluding hydrogens is 426 g/mol. The van der Waals surface area contributed by atoms with E-state index in [1.54, 1.807) is 7.11 Å². The molecule has 3 aromatic carbocycles. The molecule has 5 rings (SSSR count). The Bertz CT molecular complexity index is 1320. The summed E-state index contributed by atoms with van der Waals surface area (Å²) in [5, 5.41) is 7.29. The first-order valence-corrected chi connectivity index (χ1v) is 10.1. The molecule has 0 aliphatic heterocycles. The number of hydrogen-bond donors (Lipinski definition) is 0. The summed E-state index contributed by atoms with van der Waals surface area (Å²) >= 11 is 3.51. The van der Waals surface area contributed by atoms with E-state index < -0.39 is 0 Å². The van der Waals surface area contributed by atoms with Gasteiger partial charge in [-0.1, -0.05) is 70.5 Å². The number of halogens is 1. The molecule has 0 saturated heterocycles. The predicted octanol–water partition coefficient (Wildman–Crippen LogP) is 6.13. The number of benzene rings is 3. The lowest BCUT2D eigenvalue weighted by Crippen LogP contribution is -1.97. The first kappa shape index (κ1) is 18.0. The second kappa shape index (κ2) is 7.43. The van der Waals surface area contributed by atoms with Gasteiger partial charge in [0.25, 0.3) is 0 Å². The molecule has 2 aromatic heterocycles. The normalized spacial score (nSPS) is 11.4. The summed E-state index contributed by atoms with van der Waals surface area (Å²) in [5.41, 5.74) is 5.90. The van der Waals surface area contributed by atoms with E-state index in [9.17, 15) is 0 Å². The van der Waals surface area contributed by atoms with Crippen molar-refractivity contribution in [1.82, 2.24) is 14.6 Å². The van der Waals surface area contributed by atoms with E-state index in [-0.39, 0.29) is 0 Å². The third-order valence-corrected chi connectivity index (χ3v) is 5.60. The zero-order valence-corrected chi connectivity index (χ0v) is 17.4. The molecule has 0 aliphatic carbocycles. The summed E-state index contributed by atoms with van der Waals surface area (Å²) in [6, 6.07) is 25.0. The van der Waals surface area contributed by atoms with Gasteiger partial charge in [0.2, 0.25) is 0 Å². The van der Waals surface area contributed by atoms with Crippen LogP contribution in [0.25, 0.3) is 38.8 Å². The van der Waals surface area contributed by atoms with E-state index in [4.69, 9.17) is 9.84 Å². The van der Waals surface area contributed by atoms with Crippen LogP contribution in [0, 0.1) is 0 Å². The van der Waals surface area contributed by atoms with Crippen LogP contribution in [0.5, 0.6) is 0 Å². The van der Waals surface area contributed by atoms with Gasteiger partial charge in [-0.25, -0.2) is 9.50 Å². The van der Waals surface area contributed by atoms with Crippen molar-refractivity contribution in [2.75, 3.05) is 7.11 Å². The quantitative estimate of drug-likeness (QED) is 0.335. The van der Waals surface area contributed by atoms with Crippen molar-refractivity contribution in [1.29, 1.82) is 0 Å². The third kappa shape index (κ3) is 3.12. The predicted molar refractivity (Wildman–Crippen MR) is 120 cm³/mol. The molecule has 2 heterocycles. The standard InChI is InChI=1S/C24H18BrN3O/c1-29-15-21-23(17-9-11-18(25)12-10-17)24-26-14-13-22(28(24)27-21)20-8-4-6-16-5-2-3-7-19(16)20/h2-14H,15H2,1H3. The number of methoxy groups -OCH3 is 1. The summed E-state index contributed by atoms with van der Waals surface area (Å²) < 4.78 is 8.42. The lowest BCUT2D eigenvalue weighted by Gasteiger charge is -2.09. The molecule has 4 nitrogen and oxygen atoms in total. The Balaban J connectivity index is 1.81. The van der Waals surface area contributed by atoms with Gasteiger partial charge in [0, 0.05) is 23.3 Å². The Kier molecular flexibility index (Phi) is 4.62. The van der Waals surface area contributed by atoms with E-state index in [0.29, 0.717) is 6.61 Å². The Labute approximate surface area is 176 Å². The van der Waals surface area contributed by atoms with Gasteiger partial charge in [-0.15, -0.1) is 0 Å². The summed E-state index contributed by atoms with van der Waals surface area (Å²) in [4.78, 5) is 4.68. The van der Waals surface area contributed by atoms with Crippen molar-refractivity contribution in [2.24, 2.45) is 0 Å².